The maximum atomic E-state index is 11.0. The van der Waals surface area contributed by atoms with E-state index in [1.54, 1.807) is 20.9 Å². The van der Waals surface area contributed by atoms with E-state index in [1.165, 1.54) is 23.7 Å². The first-order valence-electron chi connectivity index (χ1n) is 8.08. The van der Waals surface area contributed by atoms with Crippen molar-refractivity contribution in [2.75, 3.05) is 0 Å². The molecule has 148 valence electrons. The lowest BCUT2D eigenvalue weighted by molar-refractivity contribution is -0.144. The summed E-state index contributed by atoms with van der Waals surface area (Å²) in [6, 6.07) is 2.82. The van der Waals surface area contributed by atoms with Gasteiger partial charge in [-0.25, -0.2) is 9.48 Å². The van der Waals surface area contributed by atoms with Crippen LogP contribution in [0.25, 0.3) is 11.5 Å². The fourth-order valence-electron chi connectivity index (χ4n) is 2.42. The second-order valence-corrected chi connectivity index (χ2v) is 6.76. The summed E-state index contributed by atoms with van der Waals surface area (Å²) in [5.41, 5.74) is 1.12. The van der Waals surface area contributed by atoms with Crippen molar-refractivity contribution in [2.45, 2.75) is 26.9 Å². The number of aliphatic carboxylic acids is 1. The Balaban J connectivity index is 2.02. The first kappa shape index (κ1) is 20.0. The average Bonchev–Trinajstić information content (AvgIpc) is 3.14. The van der Waals surface area contributed by atoms with Crippen molar-refractivity contribution >= 4 is 29.2 Å². The van der Waals surface area contributed by atoms with Crippen molar-refractivity contribution in [3.8, 4) is 28.8 Å². The van der Waals surface area contributed by atoms with E-state index in [4.69, 9.17) is 42.3 Å². The molecule has 0 bridgehead atoms. The molecule has 1 atom stereocenters. The molecule has 0 aliphatic heterocycles. The molecule has 1 N–H and O–H groups in total. The number of hydrogen-bond acceptors (Lipinski definition) is 7. The number of hydrogen-bond donors (Lipinski definition) is 1. The Morgan fingerprint density at radius 2 is 1.93 bits per heavy atom. The van der Waals surface area contributed by atoms with Crippen molar-refractivity contribution in [1.82, 2.24) is 19.9 Å². The van der Waals surface area contributed by atoms with Crippen LogP contribution in [0, 0.1) is 13.8 Å². The molecule has 3 aromatic rings. The summed E-state index contributed by atoms with van der Waals surface area (Å²) >= 11 is 12.4. The van der Waals surface area contributed by atoms with Crippen LogP contribution >= 0.6 is 23.2 Å². The van der Waals surface area contributed by atoms with Gasteiger partial charge < -0.3 is 19.1 Å². The van der Waals surface area contributed by atoms with Crippen LogP contribution in [0.1, 0.15) is 18.4 Å². The van der Waals surface area contributed by atoms with Crippen molar-refractivity contribution < 1.29 is 23.9 Å². The molecule has 3 rings (SSSR count). The number of nitrogens with zero attached hydrogens (tertiary/aromatic N) is 4. The number of carboxylic acid groups (broad SMARTS) is 1. The van der Waals surface area contributed by atoms with E-state index >= 15 is 0 Å². The zero-order chi connectivity index (χ0) is 20.6. The normalized spacial score (nSPS) is 12.1. The summed E-state index contributed by atoms with van der Waals surface area (Å²) in [4.78, 5) is 15.3. The lowest BCUT2D eigenvalue weighted by Crippen LogP contribution is -2.23. The van der Waals surface area contributed by atoms with Crippen LogP contribution in [0.3, 0.4) is 0 Å². The van der Waals surface area contributed by atoms with E-state index in [1.807, 2.05) is 0 Å². The predicted molar refractivity (Wildman–Crippen MR) is 100 cm³/mol. The number of rotatable bonds is 6. The highest BCUT2D eigenvalue weighted by Crippen LogP contribution is 2.41. The molecule has 0 aliphatic carbocycles. The molecule has 0 unspecified atom stereocenters. The highest BCUT2D eigenvalue weighted by Gasteiger charge is 2.24. The van der Waals surface area contributed by atoms with E-state index in [9.17, 15) is 4.79 Å². The second kappa shape index (κ2) is 7.69. The fraction of sp³-hybridized carbons (Fsp3) is 0.294. The zero-order valence-corrected chi connectivity index (χ0v) is 16.9. The van der Waals surface area contributed by atoms with Crippen LogP contribution in [-0.4, -0.2) is 37.1 Å². The smallest absolute Gasteiger partial charge is 0.344 e. The number of benzene rings is 1. The van der Waals surface area contributed by atoms with Gasteiger partial charge in [-0.2, -0.15) is 10.1 Å². The molecule has 0 aliphatic rings. The third-order valence-corrected chi connectivity index (χ3v) is 4.35. The number of aryl methyl sites for hydroxylation is 3. The highest BCUT2D eigenvalue weighted by atomic mass is 35.5. The molecule has 28 heavy (non-hydrogen) atoms. The maximum absolute atomic E-state index is 11.0. The minimum Gasteiger partial charge on any atom is -0.479 e. The monoisotopic (exact) mass is 426 g/mol. The van der Waals surface area contributed by atoms with Crippen LogP contribution in [-0.2, 0) is 11.8 Å². The van der Waals surface area contributed by atoms with E-state index in [-0.39, 0.29) is 27.4 Å². The van der Waals surface area contributed by atoms with Crippen LogP contribution in [0.15, 0.2) is 16.7 Å². The first-order chi connectivity index (χ1) is 13.2. The topological polar surface area (TPSA) is 112 Å². The van der Waals surface area contributed by atoms with E-state index in [0.717, 1.165) is 0 Å². The van der Waals surface area contributed by atoms with Gasteiger partial charge in [-0.05, 0) is 26.8 Å². The molecule has 11 heteroatoms. The van der Waals surface area contributed by atoms with Crippen molar-refractivity contribution in [2.24, 2.45) is 7.05 Å². The molecule has 1 aromatic carbocycles. The fourth-order valence-corrected chi connectivity index (χ4v) is 2.89. The maximum Gasteiger partial charge on any atom is 0.344 e. The van der Waals surface area contributed by atoms with Gasteiger partial charge in [0.05, 0.1) is 15.7 Å². The van der Waals surface area contributed by atoms with E-state index < -0.39 is 12.1 Å². The summed E-state index contributed by atoms with van der Waals surface area (Å²) in [6.07, 6.45) is -1.11. The minimum atomic E-state index is -1.13. The van der Waals surface area contributed by atoms with Crippen LogP contribution in [0.5, 0.6) is 17.4 Å². The number of ether oxygens (including phenoxy) is 2. The van der Waals surface area contributed by atoms with Gasteiger partial charge in [0.2, 0.25) is 5.88 Å². The molecule has 0 amide bonds. The predicted octanol–water partition coefficient (Wildman–Crippen LogP) is 4.04. The molecule has 0 saturated carbocycles. The lowest BCUT2D eigenvalue weighted by atomic mass is 10.2. The largest absolute Gasteiger partial charge is 0.479 e. The second-order valence-electron chi connectivity index (χ2n) is 5.95. The zero-order valence-electron chi connectivity index (χ0n) is 15.4. The average molecular weight is 427 g/mol. The molecule has 2 heterocycles. The van der Waals surface area contributed by atoms with Crippen LogP contribution in [0.4, 0.5) is 0 Å². The molecule has 9 nitrogen and oxygen atoms in total. The van der Waals surface area contributed by atoms with Gasteiger partial charge in [-0.1, -0.05) is 28.4 Å². The standard InChI is InChI=1S/C17H16Cl2N4O5/c1-7-14(15-20-9(3)22-28-15)16(23(4)21-7)27-13-6-12(10(18)5-11(13)19)26-8(2)17(24)25/h5-6,8H,1-4H3,(H,24,25)/t8-/m0/s1. The molecule has 0 saturated heterocycles. The highest BCUT2D eigenvalue weighted by molar-refractivity contribution is 6.36. The van der Waals surface area contributed by atoms with Gasteiger partial charge in [-0.15, -0.1) is 0 Å². The molecule has 0 fully saturated rings. The van der Waals surface area contributed by atoms with Crippen LogP contribution < -0.4 is 9.47 Å². The quantitative estimate of drug-likeness (QED) is 0.627. The van der Waals surface area contributed by atoms with Gasteiger partial charge >= 0.3 is 5.97 Å². The number of aromatic nitrogens is 4. The van der Waals surface area contributed by atoms with Gasteiger partial charge in [0, 0.05) is 13.1 Å². The first-order valence-corrected chi connectivity index (χ1v) is 8.83. The summed E-state index contributed by atoms with van der Waals surface area (Å²) in [7, 11) is 1.68. The van der Waals surface area contributed by atoms with Crippen LogP contribution in [0.2, 0.25) is 10.0 Å². The van der Waals surface area contributed by atoms with Crippen molar-refractivity contribution in [3.05, 3.63) is 33.7 Å². The molecule has 2 aromatic heterocycles. The Morgan fingerprint density at radius 3 is 2.54 bits per heavy atom. The molecule has 0 radical (unpaired) electrons. The van der Waals surface area contributed by atoms with Gasteiger partial charge in [0.1, 0.15) is 11.3 Å². The number of halogens is 2. The number of carbonyl (C=O) groups is 1. The van der Waals surface area contributed by atoms with E-state index in [0.29, 0.717) is 23.0 Å². The summed E-state index contributed by atoms with van der Waals surface area (Å²) < 4.78 is 18.0. The third kappa shape index (κ3) is 3.90. The SMILES string of the molecule is Cc1noc(-c2c(C)nn(C)c2Oc2cc(O[C@@H](C)C(=O)O)c(Cl)cc2Cl)n1. The molecular weight excluding hydrogens is 411 g/mol. The Kier molecular flexibility index (Phi) is 5.48. The Bertz CT molecular complexity index is 1050. The minimum absolute atomic E-state index is 0.116. The summed E-state index contributed by atoms with van der Waals surface area (Å²) in [5, 5.41) is 17.5. The molecule has 0 spiro atoms. The number of carboxylic acids is 1. The van der Waals surface area contributed by atoms with E-state index in [2.05, 4.69) is 15.2 Å². The van der Waals surface area contributed by atoms with Gasteiger partial charge in [0.15, 0.2) is 17.7 Å². The lowest BCUT2D eigenvalue weighted by Gasteiger charge is -2.15. The van der Waals surface area contributed by atoms with Crippen molar-refractivity contribution in [3.63, 3.8) is 0 Å². The Labute approximate surface area is 169 Å². The third-order valence-electron chi connectivity index (χ3n) is 3.76. The van der Waals surface area contributed by atoms with Crippen molar-refractivity contribution in [1.29, 1.82) is 0 Å². The summed E-state index contributed by atoms with van der Waals surface area (Å²) in [6.45, 7) is 4.85. The summed E-state index contributed by atoms with van der Waals surface area (Å²) in [5.74, 6) is 0.197. The van der Waals surface area contributed by atoms with Gasteiger partial charge in [0.25, 0.3) is 5.89 Å². The molecular formula is C17H16Cl2N4O5. The Morgan fingerprint density at radius 1 is 1.25 bits per heavy atom. The van der Waals surface area contributed by atoms with Gasteiger partial charge in [-0.3, -0.25) is 0 Å². The Hall–Kier alpha value is -2.78.